The predicted octanol–water partition coefficient (Wildman–Crippen LogP) is -4.54. The summed E-state index contributed by atoms with van der Waals surface area (Å²) < 4.78 is 0. The summed E-state index contributed by atoms with van der Waals surface area (Å²) in [6.45, 7) is 13.3. The van der Waals surface area contributed by atoms with Gasteiger partial charge in [-0.05, 0) is 94.6 Å². The van der Waals surface area contributed by atoms with E-state index in [0.717, 1.165) is 4.90 Å². The molecule has 3 aromatic rings. The van der Waals surface area contributed by atoms with Crippen molar-refractivity contribution in [2.24, 2.45) is 45.7 Å². The Morgan fingerprint density at radius 3 is 1.60 bits per heavy atom. The third-order valence-corrected chi connectivity index (χ3v) is 18.7. The van der Waals surface area contributed by atoms with Gasteiger partial charge in [0.25, 0.3) is 0 Å². The van der Waals surface area contributed by atoms with E-state index < -0.39 is 192 Å². The second kappa shape index (κ2) is 43.3. The topological polar surface area (TPSA) is 572 Å². The molecule has 16 atom stereocenters. The first kappa shape index (κ1) is 88.0. The number of aromatic amines is 1. The van der Waals surface area contributed by atoms with Gasteiger partial charge in [-0.1, -0.05) is 109 Å². The van der Waals surface area contributed by atoms with Gasteiger partial charge in [-0.3, -0.25) is 72.1 Å². The Hall–Kier alpha value is -10.6. The number of fused-ring (bicyclic) bond motifs is 1. The lowest BCUT2D eigenvalue weighted by atomic mass is 9.95. The van der Waals surface area contributed by atoms with E-state index in [1.165, 1.54) is 33.3 Å². The Labute approximate surface area is 627 Å². The molecule has 5 rings (SSSR count). The van der Waals surface area contributed by atoms with Crippen LogP contribution in [0.15, 0.2) is 78.2 Å². The second-order valence-electron chi connectivity index (χ2n) is 28.2. The summed E-state index contributed by atoms with van der Waals surface area (Å²) in [5.41, 5.74) is 24.7. The number of imidazole rings is 1. The van der Waals surface area contributed by atoms with Gasteiger partial charge in [-0.15, -0.1) is 0 Å². The van der Waals surface area contributed by atoms with Crippen molar-refractivity contribution in [3.63, 3.8) is 0 Å². The normalized spacial score (nSPS) is 23.1. The number of unbranched alkanes of at least 4 members (excludes halogenated alkanes) is 1. The molecule has 1 aromatic heterocycles. The standard InChI is InChI=1S/C72H110N20O16/c1-10-39(6)56-69(106)88-55(38(4)5)68(105)90-57(41(8)93)70(107)81-40(7)59(96)82-47(26-19-29-79-72(75)76)62(99)91-58(42(9)94)71(108)92-30-20-27-52(92)66(103)83-46(61(98)86-51(34-53(73)95)65(102)89-56)25-17-18-28-78-60(97)48(31-43-21-13-11-14-22-43)84-63(100)49(32-44-23-15-12-16-24-44)85-64(101)50(33-45-35-77-36-80-45)87-67(104)54(74)37(2)3/h11-16,21-24,35-42,46-52,54-58,93-94H,10,17-20,25-34,74H2,1-9H3,(H2,73,95)(H,77,80)(H,78,97)(H,81,107)(H,82,96)(H,83,103)(H,84,100)(H,85,101)(H,86,98)(H,87,104)(H,88,106)(H,89,102)(H,90,105)(H,91,99)(H4,75,76,79)/t39-,40-,41+,42+,46-,47-,48-,49-,50-,51-,52-,54-,55-,56-,57-,58-/m0/s1. The van der Waals surface area contributed by atoms with E-state index in [1.807, 2.05) is 0 Å². The Kier molecular flexibility index (Phi) is 35.2. The van der Waals surface area contributed by atoms with Crippen LogP contribution in [0.3, 0.4) is 0 Å². The van der Waals surface area contributed by atoms with Gasteiger partial charge < -0.3 is 107 Å². The number of nitrogens with one attached hydrogen (secondary N) is 13. The van der Waals surface area contributed by atoms with Crippen molar-refractivity contribution in [2.75, 3.05) is 19.6 Å². The lowest BCUT2D eigenvalue weighted by molar-refractivity contribution is -0.144. The van der Waals surface area contributed by atoms with Crippen LogP contribution in [-0.2, 0) is 86.4 Å². The van der Waals surface area contributed by atoms with Crippen molar-refractivity contribution in [1.82, 2.24) is 78.7 Å². The molecule has 0 unspecified atom stereocenters. The van der Waals surface area contributed by atoms with E-state index in [0.29, 0.717) is 16.8 Å². The van der Waals surface area contributed by atoms with Gasteiger partial charge in [0.1, 0.15) is 72.5 Å². The van der Waals surface area contributed by atoms with Crippen LogP contribution in [0.2, 0.25) is 0 Å². The molecule has 0 saturated carbocycles. The van der Waals surface area contributed by atoms with Crippen LogP contribution in [-0.4, -0.2) is 224 Å². The van der Waals surface area contributed by atoms with E-state index in [4.69, 9.17) is 22.9 Å². The zero-order valence-electron chi connectivity index (χ0n) is 62.7. The minimum atomic E-state index is -1.83. The largest absolute Gasteiger partial charge is 0.391 e. The molecule has 36 nitrogen and oxygen atoms in total. The van der Waals surface area contributed by atoms with Gasteiger partial charge in [-0.2, -0.15) is 0 Å². The second-order valence-corrected chi connectivity index (χ2v) is 28.2. The summed E-state index contributed by atoms with van der Waals surface area (Å²) in [6, 6.07) is -1.59. The first-order valence-electron chi connectivity index (χ1n) is 36.5. The van der Waals surface area contributed by atoms with Crippen molar-refractivity contribution < 1.29 is 77.3 Å². The number of hydrogen-bond acceptors (Lipinski definition) is 19. The molecule has 2 aliphatic heterocycles. The Bertz CT molecular complexity index is 3580. The molecule has 2 aromatic carbocycles. The Morgan fingerprint density at radius 2 is 1.06 bits per heavy atom. The van der Waals surface area contributed by atoms with Crippen molar-refractivity contribution >= 4 is 88.7 Å². The number of benzene rings is 2. The average molecular weight is 1510 g/mol. The Balaban J connectivity index is 1.49. The number of H-pyrrole nitrogens is 1. The number of aliphatic hydroxyl groups excluding tert-OH is 2. The first-order chi connectivity index (χ1) is 51.1. The molecule has 36 heteroatoms. The van der Waals surface area contributed by atoms with Crippen LogP contribution in [0.25, 0.3) is 0 Å². The summed E-state index contributed by atoms with van der Waals surface area (Å²) in [4.78, 5) is 211. The van der Waals surface area contributed by atoms with Crippen LogP contribution < -0.4 is 86.7 Å². The van der Waals surface area contributed by atoms with E-state index in [9.17, 15) is 77.3 Å². The molecule has 23 N–H and O–H groups in total. The number of amides is 14. The molecular weight excluding hydrogens is 1400 g/mol. The number of nitrogens with zero attached hydrogens (tertiary/aromatic N) is 3. The first-order valence-corrected chi connectivity index (χ1v) is 36.5. The minimum Gasteiger partial charge on any atom is -0.391 e. The fourth-order valence-corrected chi connectivity index (χ4v) is 12.0. The molecule has 3 heterocycles. The zero-order chi connectivity index (χ0) is 80.1. The van der Waals surface area contributed by atoms with Gasteiger partial charge in [0, 0.05) is 50.8 Å². The quantitative estimate of drug-likeness (QED) is 0.0170. The molecule has 0 aliphatic carbocycles. The van der Waals surface area contributed by atoms with Crippen LogP contribution in [0.1, 0.15) is 137 Å². The van der Waals surface area contributed by atoms with Crippen molar-refractivity contribution in [3.8, 4) is 0 Å². The summed E-state index contributed by atoms with van der Waals surface area (Å²) in [5.74, 6) is -14.9. The fraction of sp³-hybridized carbons (Fsp3) is 0.583. The van der Waals surface area contributed by atoms with Crippen molar-refractivity contribution in [3.05, 3.63) is 90.0 Å². The van der Waals surface area contributed by atoms with Gasteiger partial charge in [0.15, 0.2) is 5.96 Å². The van der Waals surface area contributed by atoms with Crippen LogP contribution >= 0.6 is 0 Å². The molecule has 594 valence electrons. The molecule has 0 spiro atoms. The maximum Gasteiger partial charge on any atom is 0.248 e. The summed E-state index contributed by atoms with van der Waals surface area (Å²) in [5, 5.41) is 53.4. The van der Waals surface area contributed by atoms with E-state index in [1.54, 1.807) is 102 Å². The molecule has 2 saturated heterocycles. The number of aliphatic imine (C=N–C) groups is 1. The number of aliphatic hydroxyl groups is 2. The SMILES string of the molecule is CC[C@H](C)[C@@H]1NC(=O)[C@H](CC(N)=O)NC(=O)[C@H](CCCCNC(=O)[C@H](Cc2ccccc2)NC(=O)[C@H](Cc2ccccc2)NC(=O)[C@H](Cc2cnc[nH]2)NC(=O)[C@@H](N)C(C)C)NC(=O)[C@@H]2CCCN2C(=O)[C@H]([C@@H](C)O)NC(=O)[C@H](CCCN=C(N)N)NC(=O)[C@H](C)NC(=O)[C@H]([C@@H](C)O)NC(=O)[C@H](C(C)C)NC1=O. The predicted molar refractivity (Wildman–Crippen MR) is 395 cm³/mol. The molecule has 0 bridgehead atoms. The van der Waals surface area contributed by atoms with Crippen LogP contribution in [0, 0.1) is 17.8 Å². The van der Waals surface area contributed by atoms with E-state index in [2.05, 4.69) is 78.8 Å². The van der Waals surface area contributed by atoms with Gasteiger partial charge >= 0.3 is 0 Å². The van der Waals surface area contributed by atoms with Crippen LogP contribution in [0.4, 0.5) is 0 Å². The number of nitrogens with two attached hydrogens (primary N) is 4. The molecule has 108 heavy (non-hydrogen) atoms. The minimum absolute atomic E-state index is 0.00955. The third kappa shape index (κ3) is 27.6. The number of carbonyl (C=O) groups excluding carboxylic acids is 14. The zero-order valence-corrected chi connectivity index (χ0v) is 62.7. The van der Waals surface area contributed by atoms with E-state index >= 15 is 0 Å². The highest BCUT2D eigenvalue weighted by Crippen LogP contribution is 2.22. The molecule has 2 fully saturated rings. The summed E-state index contributed by atoms with van der Waals surface area (Å²) in [6.07, 6.45) is -1.26. The highest BCUT2D eigenvalue weighted by Gasteiger charge is 2.43. The van der Waals surface area contributed by atoms with E-state index in [-0.39, 0.29) is 102 Å². The number of aromatic nitrogens is 2. The van der Waals surface area contributed by atoms with Gasteiger partial charge in [0.2, 0.25) is 82.7 Å². The molecule has 14 amide bonds. The van der Waals surface area contributed by atoms with Crippen molar-refractivity contribution in [2.45, 2.75) is 230 Å². The number of guanidine groups is 1. The maximum absolute atomic E-state index is 14.9. The maximum atomic E-state index is 14.9. The monoisotopic (exact) mass is 1510 g/mol. The molecule has 2 aliphatic rings. The van der Waals surface area contributed by atoms with Gasteiger partial charge in [-0.25, -0.2) is 4.98 Å². The summed E-state index contributed by atoms with van der Waals surface area (Å²) in [7, 11) is 0. The lowest BCUT2D eigenvalue weighted by Crippen LogP contribution is -2.63. The third-order valence-electron chi connectivity index (χ3n) is 18.7. The molecular formula is C72H110N20O16. The Morgan fingerprint density at radius 1 is 0.574 bits per heavy atom. The smallest absolute Gasteiger partial charge is 0.248 e. The number of primary amides is 1. The summed E-state index contributed by atoms with van der Waals surface area (Å²) >= 11 is 0. The van der Waals surface area contributed by atoms with Gasteiger partial charge in [0.05, 0.1) is 31.0 Å². The lowest BCUT2D eigenvalue weighted by Gasteiger charge is -2.32. The number of rotatable bonds is 30. The van der Waals surface area contributed by atoms with Crippen molar-refractivity contribution in [1.29, 1.82) is 0 Å². The molecule has 0 radical (unpaired) electrons. The number of hydrogen-bond donors (Lipinski definition) is 19. The average Bonchev–Trinajstić information content (AvgIpc) is 1.60. The number of carbonyl (C=O) groups is 14. The van der Waals surface area contributed by atoms with Crippen LogP contribution in [0.5, 0.6) is 0 Å². The highest BCUT2D eigenvalue weighted by atomic mass is 16.3. The highest BCUT2D eigenvalue weighted by molar-refractivity contribution is 6.01. The fourth-order valence-electron chi connectivity index (χ4n) is 12.0.